The van der Waals surface area contributed by atoms with Crippen LogP contribution in [0.15, 0.2) is 0 Å². The first-order chi connectivity index (χ1) is 7.95. The molecule has 1 nitrogen and oxygen atoms in total. The Morgan fingerprint density at radius 2 is 1.24 bits per heavy atom. The Morgan fingerprint density at radius 1 is 0.824 bits per heavy atom. The van der Waals surface area contributed by atoms with Crippen molar-refractivity contribution >= 4 is 0 Å². The van der Waals surface area contributed by atoms with Crippen LogP contribution in [0.25, 0.3) is 0 Å². The number of halogens is 5. The van der Waals surface area contributed by atoms with Crippen molar-refractivity contribution in [1.82, 2.24) is 5.32 Å². The molecule has 0 saturated heterocycles. The molecular weight excluding hydrogens is 241 g/mol. The van der Waals surface area contributed by atoms with Crippen LogP contribution in [-0.4, -0.2) is 6.54 Å². The molecule has 0 aliphatic heterocycles. The fourth-order valence-electron chi connectivity index (χ4n) is 1.62. The van der Waals surface area contributed by atoms with Crippen molar-refractivity contribution in [2.24, 2.45) is 0 Å². The van der Waals surface area contributed by atoms with Crippen LogP contribution in [0.4, 0.5) is 22.0 Å². The number of hydrogen-bond donors (Lipinski definition) is 1. The van der Waals surface area contributed by atoms with Crippen LogP contribution in [0, 0.1) is 29.1 Å². The molecule has 0 radical (unpaired) electrons. The van der Waals surface area contributed by atoms with Gasteiger partial charge < -0.3 is 5.32 Å². The van der Waals surface area contributed by atoms with Gasteiger partial charge in [-0.3, -0.25) is 0 Å². The molecule has 0 fully saturated rings. The smallest absolute Gasteiger partial charge is 0.200 e. The quantitative estimate of drug-likeness (QED) is 0.492. The third-order valence-electron chi connectivity index (χ3n) is 2.45. The molecular formula is C11H12F5N. The van der Waals surface area contributed by atoms with Crippen molar-refractivity contribution in [2.75, 3.05) is 6.54 Å². The molecule has 0 aromatic heterocycles. The van der Waals surface area contributed by atoms with Crippen molar-refractivity contribution < 1.29 is 22.0 Å². The van der Waals surface area contributed by atoms with Crippen molar-refractivity contribution in [1.29, 1.82) is 0 Å². The topological polar surface area (TPSA) is 12.0 Å². The monoisotopic (exact) mass is 253 g/mol. The summed E-state index contributed by atoms with van der Waals surface area (Å²) >= 11 is 0. The second-order valence-corrected chi connectivity index (χ2v) is 3.50. The summed E-state index contributed by atoms with van der Waals surface area (Å²) in [6, 6.07) is -0.899. The fourth-order valence-corrected chi connectivity index (χ4v) is 1.62. The van der Waals surface area contributed by atoms with Crippen LogP contribution in [0.1, 0.15) is 31.9 Å². The molecule has 6 heteroatoms. The molecule has 0 bridgehead atoms. The molecule has 17 heavy (non-hydrogen) atoms. The summed E-state index contributed by atoms with van der Waals surface area (Å²) in [5.41, 5.74) is -0.800. The summed E-state index contributed by atoms with van der Waals surface area (Å²) in [6.07, 6.45) is 0.214. The molecule has 0 aliphatic rings. The lowest BCUT2D eigenvalue weighted by Crippen LogP contribution is -2.24. The van der Waals surface area contributed by atoms with E-state index in [1.165, 1.54) is 0 Å². The number of hydrogen-bond acceptors (Lipinski definition) is 1. The Morgan fingerprint density at radius 3 is 1.59 bits per heavy atom. The minimum Gasteiger partial charge on any atom is -0.310 e. The Hall–Kier alpha value is -1.17. The largest absolute Gasteiger partial charge is 0.310 e. The highest BCUT2D eigenvalue weighted by atomic mass is 19.2. The van der Waals surface area contributed by atoms with Crippen LogP contribution in [0.2, 0.25) is 0 Å². The highest BCUT2D eigenvalue weighted by molar-refractivity contribution is 5.27. The van der Waals surface area contributed by atoms with Gasteiger partial charge in [-0.25, -0.2) is 22.0 Å². The van der Waals surface area contributed by atoms with E-state index in [0.29, 0.717) is 6.54 Å². The Bertz CT molecular complexity index is 390. The van der Waals surface area contributed by atoms with Gasteiger partial charge in [-0.2, -0.15) is 0 Å². The molecule has 1 rings (SSSR count). The SMILES string of the molecule is CCNC(CC)c1c(F)c(F)c(F)c(F)c1F. The summed E-state index contributed by atoms with van der Waals surface area (Å²) < 4.78 is 65.5. The van der Waals surface area contributed by atoms with E-state index < -0.39 is 40.7 Å². The molecule has 1 N–H and O–H groups in total. The lowest BCUT2D eigenvalue weighted by Gasteiger charge is -2.18. The summed E-state index contributed by atoms with van der Waals surface area (Å²) in [5, 5.41) is 2.67. The van der Waals surface area contributed by atoms with Crippen LogP contribution in [-0.2, 0) is 0 Å². The van der Waals surface area contributed by atoms with E-state index in [9.17, 15) is 22.0 Å². The zero-order chi connectivity index (χ0) is 13.2. The molecule has 1 aromatic rings. The molecule has 0 heterocycles. The average molecular weight is 253 g/mol. The second kappa shape index (κ2) is 5.44. The van der Waals surface area contributed by atoms with E-state index in [0.717, 1.165) is 0 Å². The molecule has 1 aromatic carbocycles. The van der Waals surface area contributed by atoms with E-state index in [2.05, 4.69) is 5.32 Å². The Kier molecular flexibility index (Phi) is 4.45. The van der Waals surface area contributed by atoms with Crippen LogP contribution in [0.5, 0.6) is 0 Å². The van der Waals surface area contributed by atoms with Crippen molar-refractivity contribution in [2.45, 2.75) is 26.3 Å². The van der Waals surface area contributed by atoms with Gasteiger partial charge in [0, 0.05) is 11.6 Å². The van der Waals surface area contributed by atoms with E-state index in [-0.39, 0.29) is 6.42 Å². The minimum absolute atomic E-state index is 0.214. The van der Waals surface area contributed by atoms with Gasteiger partial charge in [-0.05, 0) is 13.0 Å². The van der Waals surface area contributed by atoms with Gasteiger partial charge in [0.1, 0.15) is 0 Å². The predicted molar refractivity (Wildman–Crippen MR) is 52.9 cm³/mol. The van der Waals surface area contributed by atoms with Gasteiger partial charge in [0.2, 0.25) is 5.82 Å². The van der Waals surface area contributed by atoms with E-state index in [1.54, 1.807) is 13.8 Å². The van der Waals surface area contributed by atoms with Crippen LogP contribution >= 0.6 is 0 Å². The summed E-state index contributed by atoms with van der Waals surface area (Å²) in [7, 11) is 0. The van der Waals surface area contributed by atoms with Gasteiger partial charge >= 0.3 is 0 Å². The van der Waals surface area contributed by atoms with Crippen LogP contribution < -0.4 is 5.32 Å². The maximum atomic E-state index is 13.4. The molecule has 96 valence electrons. The lowest BCUT2D eigenvalue weighted by atomic mass is 10.0. The fraction of sp³-hybridized carbons (Fsp3) is 0.455. The highest BCUT2D eigenvalue weighted by Crippen LogP contribution is 2.29. The van der Waals surface area contributed by atoms with Crippen molar-refractivity contribution in [3.8, 4) is 0 Å². The van der Waals surface area contributed by atoms with E-state index >= 15 is 0 Å². The van der Waals surface area contributed by atoms with Crippen LogP contribution in [0.3, 0.4) is 0 Å². The zero-order valence-corrected chi connectivity index (χ0v) is 9.38. The maximum absolute atomic E-state index is 13.4. The predicted octanol–water partition coefficient (Wildman–Crippen LogP) is 3.44. The average Bonchev–Trinajstić information content (AvgIpc) is 2.33. The van der Waals surface area contributed by atoms with Gasteiger partial charge in [-0.15, -0.1) is 0 Å². The Labute approximate surface area is 95.6 Å². The summed E-state index contributed by atoms with van der Waals surface area (Å²) in [5.74, 6) is -9.48. The summed E-state index contributed by atoms with van der Waals surface area (Å²) in [4.78, 5) is 0. The lowest BCUT2D eigenvalue weighted by molar-refractivity contribution is 0.355. The Balaban J connectivity index is 3.41. The molecule has 0 saturated carbocycles. The van der Waals surface area contributed by atoms with Gasteiger partial charge in [0.15, 0.2) is 23.3 Å². The van der Waals surface area contributed by atoms with Gasteiger partial charge in [0.25, 0.3) is 0 Å². The normalized spacial score (nSPS) is 12.9. The zero-order valence-electron chi connectivity index (χ0n) is 9.38. The minimum atomic E-state index is -2.13. The number of rotatable bonds is 4. The first-order valence-electron chi connectivity index (χ1n) is 5.20. The molecule has 0 spiro atoms. The maximum Gasteiger partial charge on any atom is 0.200 e. The first-order valence-corrected chi connectivity index (χ1v) is 5.20. The second-order valence-electron chi connectivity index (χ2n) is 3.50. The molecule has 1 atom stereocenters. The number of benzene rings is 1. The van der Waals surface area contributed by atoms with E-state index in [1.807, 2.05) is 0 Å². The van der Waals surface area contributed by atoms with Crippen molar-refractivity contribution in [3.05, 3.63) is 34.6 Å². The standard InChI is InChI=1S/C11H12F5N/c1-3-5(17-4-2)6-7(12)9(14)11(16)10(15)8(6)13/h5,17H,3-4H2,1-2H3. The van der Waals surface area contributed by atoms with Crippen molar-refractivity contribution in [3.63, 3.8) is 0 Å². The molecule has 0 amide bonds. The number of nitrogens with one attached hydrogen (secondary N) is 1. The molecule has 0 aliphatic carbocycles. The van der Waals surface area contributed by atoms with Gasteiger partial charge in [0.05, 0.1) is 0 Å². The third kappa shape index (κ3) is 2.41. The summed E-state index contributed by atoms with van der Waals surface area (Å²) in [6.45, 7) is 3.62. The third-order valence-corrected chi connectivity index (χ3v) is 2.45. The molecule has 1 unspecified atom stereocenters. The van der Waals surface area contributed by atoms with Gasteiger partial charge in [-0.1, -0.05) is 13.8 Å². The van der Waals surface area contributed by atoms with E-state index in [4.69, 9.17) is 0 Å². The highest BCUT2D eigenvalue weighted by Gasteiger charge is 2.29. The first kappa shape index (κ1) is 13.9.